The number of fused-ring (bicyclic) bond motifs is 1. The van der Waals surface area contributed by atoms with Crippen LogP contribution in [-0.4, -0.2) is 35.4 Å². The summed E-state index contributed by atoms with van der Waals surface area (Å²) < 4.78 is 12.7. The number of aryl methyl sites for hydroxylation is 1. The molecule has 4 rings (SSSR count). The molecule has 1 N–H and O–H groups in total. The SMILES string of the molecule is Cc1nn(-c2ccccc2)c(Cl)c1C(=O)NCCc1ccc2c(c1)OCCO2. The van der Waals surface area contributed by atoms with Gasteiger partial charge in [-0.05, 0) is 43.2 Å². The van der Waals surface area contributed by atoms with Gasteiger partial charge < -0.3 is 14.8 Å². The van der Waals surface area contributed by atoms with Gasteiger partial charge >= 0.3 is 0 Å². The van der Waals surface area contributed by atoms with Gasteiger partial charge in [0.1, 0.15) is 18.4 Å². The third kappa shape index (κ3) is 3.68. The number of hydrogen-bond acceptors (Lipinski definition) is 4. The minimum atomic E-state index is -0.234. The third-order valence-corrected chi connectivity index (χ3v) is 4.89. The zero-order valence-corrected chi connectivity index (χ0v) is 16.2. The van der Waals surface area contributed by atoms with Gasteiger partial charge in [0.25, 0.3) is 5.91 Å². The van der Waals surface area contributed by atoms with E-state index in [1.165, 1.54) is 0 Å². The summed E-state index contributed by atoms with van der Waals surface area (Å²) in [4.78, 5) is 12.7. The van der Waals surface area contributed by atoms with Crippen LogP contribution < -0.4 is 14.8 Å². The van der Waals surface area contributed by atoms with Gasteiger partial charge in [-0.1, -0.05) is 35.9 Å². The second-order valence-corrected chi connectivity index (χ2v) is 6.84. The highest BCUT2D eigenvalue weighted by Gasteiger charge is 2.21. The van der Waals surface area contributed by atoms with Crippen molar-refractivity contribution >= 4 is 17.5 Å². The number of halogens is 1. The predicted octanol–water partition coefficient (Wildman–Crippen LogP) is 3.58. The Bertz CT molecular complexity index is 1000. The van der Waals surface area contributed by atoms with E-state index >= 15 is 0 Å². The largest absolute Gasteiger partial charge is 0.486 e. The minimum Gasteiger partial charge on any atom is -0.486 e. The van der Waals surface area contributed by atoms with Crippen molar-refractivity contribution in [2.24, 2.45) is 0 Å². The maximum atomic E-state index is 12.7. The molecule has 7 heteroatoms. The first kappa shape index (κ1) is 18.4. The van der Waals surface area contributed by atoms with Crippen LogP contribution in [0.5, 0.6) is 11.5 Å². The smallest absolute Gasteiger partial charge is 0.256 e. The van der Waals surface area contributed by atoms with Crippen LogP contribution in [0.2, 0.25) is 5.15 Å². The lowest BCUT2D eigenvalue weighted by molar-refractivity contribution is 0.0953. The molecule has 0 fully saturated rings. The molecule has 1 aliphatic heterocycles. The van der Waals surface area contributed by atoms with Crippen molar-refractivity contribution in [3.05, 3.63) is 70.5 Å². The highest BCUT2D eigenvalue weighted by Crippen LogP contribution is 2.30. The molecule has 3 aromatic rings. The molecule has 0 spiro atoms. The Kier molecular flexibility index (Phi) is 5.21. The first-order chi connectivity index (χ1) is 13.6. The van der Waals surface area contributed by atoms with Crippen LogP contribution in [-0.2, 0) is 6.42 Å². The number of nitrogens with zero attached hydrogens (tertiary/aromatic N) is 2. The van der Waals surface area contributed by atoms with Gasteiger partial charge in [0.2, 0.25) is 0 Å². The Balaban J connectivity index is 1.42. The fourth-order valence-electron chi connectivity index (χ4n) is 3.15. The van der Waals surface area contributed by atoms with Crippen LogP contribution in [0.25, 0.3) is 5.69 Å². The van der Waals surface area contributed by atoms with E-state index in [0.29, 0.717) is 42.6 Å². The van der Waals surface area contributed by atoms with Gasteiger partial charge in [-0.3, -0.25) is 4.79 Å². The van der Waals surface area contributed by atoms with Gasteiger partial charge in [-0.2, -0.15) is 5.10 Å². The highest BCUT2D eigenvalue weighted by molar-refractivity contribution is 6.33. The van der Waals surface area contributed by atoms with Gasteiger partial charge in [-0.15, -0.1) is 0 Å². The third-order valence-electron chi connectivity index (χ3n) is 4.54. The van der Waals surface area contributed by atoms with Crippen LogP contribution in [0.4, 0.5) is 0 Å². The van der Waals surface area contributed by atoms with Crippen molar-refractivity contribution in [3.63, 3.8) is 0 Å². The molecule has 2 aromatic carbocycles. The summed E-state index contributed by atoms with van der Waals surface area (Å²) in [6, 6.07) is 15.3. The van der Waals surface area contributed by atoms with E-state index in [2.05, 4.69) is 10.4 Å². The molecule has 2 heterocycles. The number of ether oxygens (including phenoxy) is 2. The summed E-state index contributed by atoms with van der Waals surface area (Å²) in [7, 11) is 0. The average molecular weight is 398 g/mol. The molecule has 0 bridgehead atoms. The number of carbonyl (C=O) groups excluding carboxylic acids is 1. The fraction of sp³-hybridized carbons (Fsp3) is 0.238. The first-order valence-corrected chi connectivity index (χ1v) is 9.48. The van der Waals surface area contributed by atoms with Crippen molar-refractivity contribution in [1.82, 2.24) is 15.1 Å². The molecular weight excluding hydrogens is 378 g/mol. The lowest BCUT2D eigenvalue weighted by atomic mass is 10.1. The number of nitrogens with one attached hydrogen (secondary N) is 1. The number of rotatable bonds is 5. The Morgan fingerprint density at radius 2 is 1.89 bits per heavy atom. The van der Waals surface area contributed by atoms with Crippen LogP contribution in [0.1, 0.15) is 21.6 Å². The second kappa shape index (κ2) is 7.94. The van der Waals surface area contributed by atoms with Gasteiger partial charge in [-0.25, -0.2) is 4.68 Å². The summed E-state index contributed by atoms with van der Waals surface area (Å²) in [5.41, 5.74) is 2.86. The topological polar surface area (TPSA) is 65.4 Å². The molecule has 0 aliphatic carbocycles. The maximum absolute atomic E-state index is 12.7. The van der Waals surface area contributed by atoms with Crippen LogP contribution >= 0.6 is 11.6 Å². The molecule has 0 radical (unpaired) electrons. The van der Waals surface area contributed by atoms with E-state index in [-0.39, 0.29) is 5.91 Å². The number of benzene rings is 2. The number of para-hydroxylation sites is 1. The van der Waals surface area contributed by atoms with E-state index < -0.39 is 0 Å². The first-order valence-electron chi connectivity index (χ1n) is 9.11. The van der Waals surface area contributed by atoms with Gasteiger partial charge in [0.05, 0.1) is 16.9 Å². The summed E-state index contributed by atoms with van der Waals surface area (Å²) in [6.45, 7) is 3.38. The molecule has 6 nitrogen and oxygen atoms in total. The molecule has 0 saturated heterocycles. The number of carbonyl (C=O) groups is 1. The van der Waals surface area contributed by atoms with Crippen molar-refractivity contribution in [2.45, 2.75) is 13.3 Å². The van der Waals surface area contributed by atoms with E-state index in [1.54, 1.807) is 11.6 Å². The van der Waals surface area contributed by atoms with Crippen LogP contribution in [0, 0.1) is 6.92 Å². The zero-order chi connectivity index (χ0) is 19.5. The van der Waals surface area contributed by atoms with Crippen molar-refractivity contribution < 1.29 is 14.3 Å². The van der Waals surface area contributed by atoms with Gasteiger partial charge in [0.15, 0.2) is 11.5 Å². The quantitative estimate of drug-likeness (QED) is 0.714. The molecule has 0 saturated carbocycles. The van der Waals surface area contributed by atoms with E-state index in [9.17, 15) is 4.79 Å². The Morgan fingerprint density at radius 3 is 2.68 bits per heavy atom. The molecule has 1 amide bonds. The van der Waals surface area contributed by atoms with Crippen molar-refractivity contribution in [1.29, 1.82) is 0 Å². The van der Waals surface area contributed by atoms with Gasteiger partial charge in [0, 0.05) is 6.54 Å². The highest BCUT2D eigenvalue weighted by atomic mass is 35.5. The molecule has 0 atom stereocenters. The summed E-state index contributed by atoms with van der Waals surface area (Å²) in [6.07, 6.45) is 0.672. The molecule has 144 valence electrons. The lowest BCUT2D eigenvalue weighted by Crippen LogP contribution is -2.26. The Labute approximate surface area is 168 Å². The number of amides is 1. The maximum Gasteiger partial charge on any atom is 0.256 e. The lowest BCUT2D eigenvalue weighted by Gasteiger charge is -2.18. The second-order valence-electron chi connectivity index (χ2n) is 6.48. The molecule has 28 heavy (non-hydrogen) atoms. The minimum absolute atomic E-state index is 0.234. The zero-order valence-electron chi connectivity index (χ0n) is 15.4. The van der Waals surface area contributed by atoms with Crippen LogP contribution in [0.15, 0.2) is 48.5 Å². The molecule has 0 unspecified atom stereocenters. The Morgan fingerprint density at radius 1 is 1.14 bits per heavy atom. The predicted molar refractivity (Wildman–Crippen MR) is 107 cm³/mol. The van der Waals surface area contributed by atoms with Crippen molar-refractivity contribution in [3.8, 4) is 17.2 Å². The molecular formula is C21H20ClN3O3. The molecule has 1 aliphatic rings. The number of hydrogen-bond donors (Lipinski definition) is 1. The monoisotopic (exact) mass is 397 g/mol. The average Bonchev–Trinajstić information content (AvgIpc) is 3.02. The van der Waals surface area contributed by atoms with Crippen LogP contribution in [0.3, 0.4) is 0 Å². The fourth-order valence-corrected chi connectivity index (χ4v) is 3.51. The van der Waals surface area contributed by atoms with E-state index in [0.717, 1.165) is 22.7 Å². The summed E-state index contributed by atoms with van der Waals surface area (Å²) in [5.74, 6) is 1.27. The summed E-state index contributed by atoms with van der Waals surface area (Å²) in [5, 5.41) is 7.64. The normalized spacial score (nSPS) is 12.6. The van der Waals surface area contributed by atoms with Crippen molar-refractivity contribution in [2.75, 3.05) is 19.8 Å². The Hall–Kier alpha value is -2.99. The molecule has 1 aromatic heterocycles. The number of aromatic nitrogens is 2. The standard InChI is InChI=1S/C21H20ClN3O3/c1-14-19(20(22)25(24-14)16-5-3-2-4-6-16)21(26)23-10-9-15-7-8-17-18(13-15)28-12-11-27-17/h2-8,13H,9-12H2,1H3,(H,23,26). The summed E-state index contributed by atoms with van der Waals surface area (Å²) >= 11 is 6.44. The van der Waals surface area contributed by atoms with E-state index in [4.69, 9.17) is 21.1 Å². The van der Waals surface area contributed by atoms with E-state index in [1.807, 2.05) is 48.5 Å².